The molecule has 1 aromatic carbocycles. The molecular weight excluding hydrogens is 298 g/mol. The fourth-order valence-corrected chi connectivity index (χ4v) is 4.21. The molecule has 0 spiro atoms. The maximum Gasteiger partial charge on any atom is 0.0919 e. The summed E-state index contributed by atoms with van der Waals surface area (Å²) in [7, 11) is 2.24. The van der Waals surface area contributed by atoms with Crippen molar-refractivity contribution in [3.63, 3.8) is 0 Å². The minimum atomic E-state index is -0.378. The Morgan fingerprint density at radius 3 is 2.58 bits per heavy atom. The van der Waals surface area contributed by atoms with Crippen molar-refractivity contribution in [3.05, 3.63) is 34.9 Å². The number of piperidine rings is 1. The van der Waals surface area contributed by atoms with Crippen LogP contribution in [0.3, 0.4) is 0 Å². The van der Waals surface area contributed by atoms with Crippen molar-refractivity contribution in [2.75, 3.05) is 52.9 Å². The van der Waals surface area contributed by atoms with Gasteiger partial charge in [-0.1, -0.05) is 23.8 Å². The predicted molar refractivity (Wildman–Crippen MR) is 99.4 cm³/mol. The zero-order valence-electron chi connectivity index (χ0n) is 15.5. The maximum absolute atomic E-state index is 10.7. The fourth-order valence-electron chi connectivity index (χ4n) is 4.21. The minimum absolute atomic E-state index is 0.378. The number of hydrogen-bond acceptors (Lipinski definition) is 4. The molecule has 2 atom stereocenters. The van der Waals surface area contributed by atoms with Crippen LogP contribution in [-0.2, 0) is 0 Å². The van der Waals surface area contributed by atoms with Crippen LogP contribution in [0.1, 0.15) is 35.6 Å². The Balaban J connectivity index is 1.50. The number of β-amino-alcohol motifs (C(OH)–C–C–N with tert-alkyl or cyclic N) is 1. The molecule has 2 saturated heterocycles. The second-order valence-corrected chi connectivity index (χ2v) is 7.77. The average Bonchev–Trinajstić information content (AvgIpc) is 2.57. The summed E-state index contributed by atoms with van der Waals surface area (Å²) in [5, 5.41) is 10.7. The van der Waals surface area contributed by atoms with E-state index in [1.807, 2.05) is 0 Å². The van der Waals surface area contributed by atoms with E-state index in [1.54, 1.807) is 0 Å². The second-order valence-electron chi connectivity index (χ2n) is 7.77. The first-order chi connectivity index (χ1) is 11.5. The van der Waals surface area contributed by atoms with E-state index in [-0.39, 0.29) is 6.10 Å². The summed E-state index contributed by atoms with van der Waals surface area (Å²) in [4.78, 5) is 7.55. The molecule has 0 unspecified atom stereocenters. The number of hydrogen-bond donors (Lipinski definition) is 1. The van der Waals surface area contributed by atoms with Crippen molar-refractivity contribution in [1.82, 2.24) is 14.7 Å². The van der Waals surface area contributed by atoms with Crippen LogP contribution in [0.4, 0.5) is 0 Å². The molecular formula is C20H33N3O. The standard InChI is InChI=1S/C20H33N3O/c1-16-6-7-17(2)19(13-16)20(24)15-22-9-11-23(12-10-22)18-5-4-8-21(3)14-18/h6-7,13,18,20,24H,4-5,8-12,14-15H2,1-3H3/t18-,20+/m1/s1. The van der Waals surface area contributed by atoms with E-state index in [1.165, 1.54) is 37.1 Å². The first-order valence-corrected chi connectivity index (χ1v) is 9.43. The second kappa shape index (κ2) is 7.96. The summed E-state index contributed by atoms with van der Waals surface area (Å²) in [6.45, 7) is 11.8. The SMILES string of the molecule is Cc1ccc(C)c([C@@H](O)CN2CCN([C@@H]3CCCN(C)C3)CC2)c1. The van der Waals surface area contributed by atoms with Crippen molar-refractivity contribution in [3.8, 4) is 0 Å². The van der Waals surface area contributed by atoms with E-state index >= 15 is 0 Å². The Morgan fingerprint density at radius 1 is 1.12 bits per heavy atom. The lowest BCUT2D eigenvalue weighted by Crippen LogP contribution is -2.54. The van der Waals surface area contributed by atoms with E-state index in [0.717, 1.165) is 44.3 Å². The van der Waals surface area contributed by atoms with Gasteiger partial charge in [-0.25, -0.2) is 0 Å². The lowest BCUT2D eigenvalue weighted by atomic mass is 10.00. The molecule has 24 heavy (non-hydrogen) atoms. The van der Waals surface area contributed by atoms with Crippen LogP contribution < -0.4 is 0 Å². The molecule has 3 rings (SSSR count). The molecule has 134 valence electrons. The lowest BCUT2D eigenvalue weighted by molar-refractivity contribution is 0.0369. The van der Waals surface area contributed by atoms with Crippen molar-refractivity contribution < 1.29 is 5.11 Å². The van der Waals surface area contributed by atoms with Gasteiger partial charge in [-0.15, -0.1) is 0 Å². The molecule has 0 radical (unpaired) electrons. The van der Waals surface area contributed by atoms with Crippen molar-refractivity contribution in [2.24, 2.45) is 0 Å². The van der Waals surface area contributed by atoms with Crippen molar-refractivity contribution in [2.45, 2.75) is 38.8 Å². The highest BCUT2D eigenvalue weighted by Gasteiger charge is 2.27. The summed E-state index contributed by atoms with van der Waals surface area (Å²) in [6.07, 6.45) is 2.29. The molecule has 0 saturated carbocycles. The van der Waals surface area contributed by atoms with Gasteiger partial charge in [0.05, 0.1) is 6.10 Å². The number of aliphatic hydroxyl groups excluding tert-OH is 1. The number of piperazine rings is 1. The van der Waals surface area contributed by atoms with Gasteiger partial charge in [0.2, 0.25) is 0 Å². The Labute approximate surface area is 147 Å². The highest BCUT2D eigenvalue weighted by molar-refractivity contribution is 5.32. The van der Waals surface area contributed by atoms with Crippen LogP contribution in [0.5, 0.6) is 0 Å². The number of likely N-dealkylation sites (N-methyl/N-ethyl adjacent to an activating group) is 1. The molecule has 4 nitrogen and oxygen atoms in total. The molecule has 1 aromatic rings. The summed E-state index contributed by atoms with van der Waals surface area (Å²) >= 11 is 0. The summed E-state index contributed by atoms with van der Waals surface area (Å²) in [5.74, 6) is 0. The summed E-state index contributed by atoms with van der Waals surface area (Å²) in [6, 6.07) is 7.10. The van der Waals surface area contributed by atoms with Gasteiger partial charge in [-0.2, -0.15) is 0 Å². The third-order valence-corrected chi connectivity index (χ3v) is 5.75. The zero-order valence-corrected chi connectivity index (χ0v) is 15.5. The summed E-state index contributed by atoms with van der Waals surface area (Å²) in [5.41, 5.74) is 3.50. The predicted octanol–water partition coefficient (Wildman–Crippen LogP) is 2.05. The normalized spacial score (nSPS) is 25.8. The van der Waals surface area contributed by atoms with Gasteiger partial charge in [0.1, 0.15) is 0 Å². The molecule has 2 aliphatic rings. The maximum atomic E-state index is 10.7. The monoisotopic (exact) mass is 331 g/mol. The molecule has 0 aromatic heterocycles. The lowest BCUT2D eigenvalue weighted by Gasteiger charge is -2.43. The van der Waals surface area contributed by atoms with Crippen LogP contribution in [0.25, 0.3) is 0 Å². The van der Waals surface area contributed by atoms with E-state index in [2.05, 4.69) is 53.8 Å². The Kier molecular flexibility index (Phi) is 5.93. The number of aliphatic hydroxyl groups is 1. The average molecular weight is 332 g/mol. The van der Waals surface area contributed by atoms with Crippen molar-refractivity contribution >= 4 is 0 Å². The van der Waals surface area contributed by atoms with Gasteiger partial charge in [-0.3, -0.25) is 9.80 Å². The first-order valence-electron chi connectivity index (χ1n) is 9.43. The quantitative estimate of drug-likeness (QED) is 0.915. The number of likely N-dealkylation sites (tertiary alicyclic amines) is 1. The first kappa shape index (κ1) is 17.9. The van der Waals surface area contributed by atoms with Crippen molar-refractivity contribution in [1.29, 1.82) is 0 Å². The summed E-state index contributed by atoms with van der Waals surface area (Å²) < 4.78 is 0. The highest BCUT2D eigenvalue weighted by atomic mass is 16.3. The van der Waals surface area contributed by atoms with Crippen LogP contribution in [0.15, 0.2) is 18.2 Å². The zero-order chi connectivity index (χ0) is 17.1. The molecule has 1 N–H and O–H groups in total. The van der Waals surface area contributed by atoms with Gasteiger partial charge >= 0.3 is 0 Å². The van der Waals surface area contributed by atoms with Crippen LogP contribution in [-0.4, -0.2) is 78.7 Å². The fraction of sp³-hybridized carbons (Fsp3) is 0.700. The number of rotatable bonds is 4. The highest BCUT2D eigenvalue weighted by Crippen LogP contribution is 2.22. The van der Waals surface area contributed by atoms with Crippen LogP contribution in [0, 0.1) is 13.8 Å². The molecule has 0 bridgehead atoms. The van der Waals surface area contributed by atoms with Gasteiger partial charge in [-0.05, 0) is 51.4 Å². The Bertz CT molecular complexity index is 540. The molecule has 0 aliphatic carbocycles. The van der Waals surface area contributed by atoms with E-state index in [0.29, 0.717) is 0 Å². The smallest absolute Gasteiger partial charge is 0.0919 e. The number of benzene rings is 1. The van der Waals surface area contributed by atoms with Gasteiger partial charge in [0, 0.05) is 45.3 Å². The molecule has 0 amide bonds. The largest absolute Gasteiger partial charge is 0.387 e. The van der Waals surface area contributed by atoms with Crippen LogP contribution >= 0.6 is 0 Å². The van der Waals surface area contributed by atoms with Gasteiger partial charge in [0.15, 0.2) is 0 Å². The topological polar surface area (TPSA) is 30.0 Å². The number of aryl methyl sites for hydroxylation is 2. The van der Waals surface area contributed by atoms with E-state index in [4.69, 9.17) is 0 Å². The van der Waals surface area contributed by atoms with Gasteiger partial charge < -0.3 is 10.0 Å². The molecule has 2 fully saturated rings. The molecule has 2 aliphatic heterocycles. The third-order valence-electron chi connectivity index (χ3n) is 5.75. The Morgan fingerprint density at radius 2 is 1.88 bits per heavy atom. The van der Waals surface area contributed by atoms with E-state index < -0.39 is 0 Å². The van der Waals surface area contributed by atoms with E-state index in [9.17, 15) is 5.11 Å². The minimum Gasteiger partial charge on any atom is -0.387 e. The molecule has 2 heterocycles. The Hall–Kier alpha value is -0.940. The third kappa shape index (κ3) is 4.37. The molecule has 4 heteroatoms. The number of nitrogens with zero attached hydrogens (tertiary/aromatic N) is 3. The van der Waals surface area contributed by atoms with Crippen LogP contribution in [0.2, 0.25) is 0 Å². The van der Waals surface area contributed by atoms with Gasteiger partial charge in [0.25, 0.3) is 0 Å².